The molecule has 0 radical (unpaired) electrons. The van der Waals surface area contributed by atoms with Crippen molar-refractivity contribution in [3.63, 3.8) is 0 Å². The third kappa shape index (κ3) is 15.2. The Morgan fingerprint density at radius 2 is 1.84 bits per heavy atom. The molecule has 0 aliphatic carbocycles. The number of benzene rings is 1. The van der Waals surface area contributed by atoms with Crippen LogP contribution in [-0.2, 0) is 22.4 Å². The second-order valence-corrected chi connectivity index (χ2v) is 10.6. The highest BCUT2D eigenvalue weighted by Crippen LogP contribution is 2.26. The summed E-state index contributed by atoms with van der Waals surface area (Å²) in [4.78, 5) is 30.1. The van der Waals surface area contributed by atoms with Gasteiger partial charge in [-0.1, -0.05) is 18.2 Å². The Labute approximate surface area is 264 Å². The maximum atomic E-state index is 11.8. The predicted molar refractivity (Wildman–Crippen MR) is 171 cm³/mol. The number of amidine groups is 1. The Morgan fingerprint density at radius 3 is 2.40 bits per heavy atom. The number of nitrogens with two attached hydrogens (primary N) is 1. The van der Waals surface area contributed by atoms with E-state index in [0.717, 1.165) is 56.0 Å². The molecule has 1 fully saturated rings. The molecular formula is C30H37F3N8O3S. The van der Waals surface area contributed by atoms with Gasteiger partial charge in [-0.2, -0.15) is 0 Å². The second kappa shape index (κ2) is 19.7. The van der Waals surface area contributed by atoms with Crippen LogP contribution in [0.3, 0.4) is 0 Å². The zero-order chi connectivity index (χ0) is 33.1. The second-order valence-electron chi connectivity index (χ2n) is 9.51. The molecule has 242 valence electrons. The van der Waals surface area contributed by atoms with Crippen LogP contribution in [-0.4, -0.2) is 71.5 Å². The summed E-state index contributed by atoms with van der Waals surface area (Å²) in [6.07, 6.45) is 1.84. The molecule has 4 N–H and O–H groups in total. The monoisotopic (exact) mass is 646 g/mol. The van der Waals surface area contributed by atoms with E-state index in [1.165, 1.54) is 30.0 Å². The summed E-state index contributed by atoms with van der Waals surface area (Å²) >= 11 is 1.26. The first-order valence-corrected chi connectivity index (χ1v) is 14.7. The highest BCUT2D eigenvalue weighted by atomic mass is 32.2. The number of aldehydes is 2. The maximum Gasteiger partial charge on any atom is 0.573 e. The van der Waals surface area contributed by atoms with E-state index in [4.69, 9.17) is 11.1 Å². The summed E-state index contributed by atoms with van der Waals surface area (Å²) in [7, 11) is 3.48. The molecule has 0 spiro atoms. The lowest BCUT2D eigenvalue weighted by Crippen LogP contribution is -2.35. The molecule has 0 atom stereocenters. The standard InChI is InChI=1S/C14H23N7S.C9H7F3O2.C7H7NO/c1-17-12-3-4-13(20-19-12)21-7-5-10(6-8-21)9-11(15)22-14(16)18-2;10-9(11,12)14-8-3-1-2-7(6-8)4-5-13;9-6-4-7-3-1-2-5-8-7/h3-4,10,15H,5-9H2,1-2H3,(H2,16,18)(H,17,19);1-3,5-6H,4H2;1-3,5-6H,4H2. The van der Waals surface area contributed by atoms with Crippen LogP contribution in [0.25, 0.3) is 0 Å². The average molecular weight is 647 g/mol. The van der Waals surface area contributed by atoms with Crippen molar-refractivity contribution in [3.8, 4) is 5.75 Å². The van der Waals surface area contributed by atoms with E-state index >= 15 is 0 Å². The van der Waals surface area contributed by atoms with Crippen LogP contribution >= 0.6 is 11.8 Å². The predicted octanol–water partition coefficient (Wildman–Crippen LogP) is 4.93. The van der Waals surface area contributed by atoms with E-state index in [0.29, 0.717) is 34.4 Å². The number of piperidine rings is 1. The highest BCUT2D eigenvalue weighted by molar-refractivity contribution is 8.26. The third-order valence-corrected chi connectivity index (χ3v) is 7.04. The first-order chi connectivity index (χ1) is 21.6. The molecule has 45 heavy (non-hydrogen) atoms. The van der Waals surface area contributed by atoms with E-state index in [1.807, 2.05) is 37.4 Å². The van der Waals surface area contributed by atoms with Gasteiger partial charge in [-0.3, -0.25) is 15.4 Å². The van der Waals surface area contributed by atoms with Crippen molar-refractivity contribution in [3.05, 3.63) is 72.1 Å². The van der Waals surface area contributed by atoms with Crippen molar-refractivity contribution in [2.24, 2.45) is 16.6 Å². The molecule has 0 saturated carbocycles. The molecule has 15 heteroatoms. The van der Waals surface area contributed by atoms with Crippen molar-refractivity contribution in [2.45, 2.75) is 38.5 Å². The minimum absolute atomic E-state index is 0.0784. The van der Waals surface area contributed by atoms with Crippen LogP contribution in [0.5, 0.6) is 5.75 Å². The van der Waals surface area contributed by atoms with Crippen LogP contribution in [0, 0.1) is 11.3 Å². The summed E-state index contributed by atoms with van der Waals surface area (Å²) in [5, 5.41) is 20.4. The lowest BCUT2D eigenvalue weighted by Gasteiger charge is -2.32. The molecule has 11 nitrogen and oxygen atoms in total. The van der Waals surface area contributed by atoms with Crippen molar-refractivity contribution < 1.29 is 27.5 Å². The Morgan fingerprint density at radius 1 is 1.11 bits per heavy atom. The number of rotatable bonds is 9. The Balaban J connectivity index is 0.000000261. The van der Waals surface area contributed by atoms with Gasteiger partial charge in [0.1, 0.15) is 24.1 Å². The smallest absolute Gasteiger partial charge is 0.406 e. The third-order valence-electron chi connectivity index (χ3n) is 6.24. The number of halogens is 3. The Kier molecular flexibility index (Phi) is 16.0. The lowest BCUT2D eigenvalue weighted by molar-refractivity contribution is -0.274. The summed E-state index contributed by atoms with van der Waals surface area (Å²) in [5.41, 5.74) is 6.96. The number of ether oxygens (including phenoxy) is 1. The quantitative estimate of drug-likeness (QED) is 0.165. The number of aromatic nitrogens is 3. The highest BCUT2D eigenvalue weighted by Gasteiger charge is 2.31. The van der Waals surface area contributed by atoms with Crippen molar-refractivity contribution in [1.29, 1.82) is 5.41 Å². The van der Waals surface area contributed by atoms with E-state index < -0.39 is 6.36 Å². The Hall–Kier alpha value is -4.53. The molecule has 3 aromatic rings. The SMILES string of the molecule is CN=C(N)SC(=N)CC1CCN(c2ccc(NC)nn2)CC1.O=CCc1cccc(OC(F)(F)F)c1.O=CCc1ccccn1. The number of nitrogens with one attached hydrogen (secondary N) is 2. The number of carbonyl (C=O) groups excluding carboxylic acids is 2. The number of hydrogen-bond donors (Lipinski definition) is 3. The lowest BCUT2D eigenvalue weighted by atomic mass is 9.94. The molecular weight excluding hydrogens is 609 g/mol. The molecule has 1 aromatic carbocycles. The largest absolute Gasteiger partial charge is 0.573 e. The number of pyridine rings is 1. The zero-order valence-electron chi connectivity index (χ0n) is 25.0. The summed E-state index contributed by atoms with van der Waals surface area (Å²) < 4.78 is 39.0. The van der Waals surface area contributed by atoms with Gasteiger partial charge in [0.05, 0.1) is 5.04 Å². The van der Waals surface area contributed by atoms with Gasteiger partial charge in [0.15, 0.2) is 11.0 Å². The topological polar surface area (TPSA) is 160 Å². The fraction of sp³-hybridized carbons (Fsp3) is 0.367. The number of nitrogens with zero attached hydrogens (tertiary/aromatic N) is 5. The normalized spacial score (nSPS) is 13.4. The Bertz CT molecular complexity index is 1350. The summed E-state index contributed by atoms with van der Waals surface area (Å²) in [6.45, 7) is 1.90. The average Bonchev–Trinajstić information content (AvgIpc) is 3.02. The van der Waals surface area contributed by atoms with Gasteiger partial charge in [-0.05, 0) is 78.9 Å². The van der Waals surface area contributed by atoms with Gasteiger partial charge in [0.2, 0.25) is 0 Å². The number of thioether (sulfide) groups is 1. The minimum atomic E-state index is -4.69. The van der Waals surface area contributed by atoms with E-state index in [9.17, 15) is 22.8 Å². The van der Waals surface area contributed by atoms with Gasteiger partial charge < -0.3 is 30.3 Å². The van der Waals surface area contributed by atoms with E-state index in [-0.39, 0.29) is 12.2 Å². The maximum absolute atomic E-state index is 11.8. The number of anilines is 2. The molecule has 0 bridgehead atoms. The van der Waals surface area contributed by atoms with Crippen molar-refractivity contribution in [1.82, 2.24) is 15.2 Å². The number of carbonyl (C=O) groups is 2. The molecule has 3 heterocycles. The van der Waals surface area contributed by atoms with Gasteiger partial charge in [-0.25, -0.2) is 0 Å². The number of hydrogen-bond acceptors (Lipinski definition) is 11. The number of alkyl halides is 3. The molecule has 0 amide bonds. The van der Waals surface area contributed by atoms with Crippen LogP contribution < -0.4 is 20.7 Å². The van der Waals surface area contributed by atoms with Crippen molar-refractivity contribution >= 4 is 46.2 Å². The van der Waals surface area contributed by atoms with Gasteiger partial charge in [-0.15, -0.1) is 23.4 Å². The molecule has 1 saturated heterocycles. The minimum Gasteiger partial charge on any atom is -0.406 e. The van der Waals surface area contributed by atoms with Crippen LogP contribution in [0.4, 0.5) is 24.8 Å². The number of aliphatic imine (C=N–C) groups is 1. The van der Waals surface area contributed by atoms with Gasteiger partial charge in [0.25, 0.3) is 0 Å². The van der Waals surface area contributed by atoms with Crippen molar-refractivity contribution in [2.75, 3.05) is 37.4 Å². The van der Waals surface area contributed by atoms with Gasteiger partial charge >= 0.3 is 6.36 Å². The van der Waals surface area contributed by atoms with Crippen LogP contribution in [0.1, 0.15) is 30.5 Å². The fourth-order valence-electron chi connectivity index (χ4n) is 4.04. The first-order valence-electron chi connectivity index (χ1n) is 13.9. The summed E-state index contributed by atoms with van der Waals surface area (Å²) in [6, 6.07) is 14.8. The molecule has 1 aliphatic rings. The molecule has 4 rings (SSSR count). The molecule has 2 aromatic heterocycles. The van der Waals surface area contributed by atoms with Gasteiger partial charge in [0, 0.05) is 51.9 Å². The zero-order valence-corrected chi connectivity index (χ0v) is 25.9. The van der Waals surface area contributed by atoms with E-state index in [2.05, 4.69) is 35.1 Å². The molecule has 1 aliphatic heterocycles. The summed E-state index contributed by atoms with van der Waals surface area (Å²) in [5.74, 6) is 1.92. The molecule has 0 unspecified atom stereocenters. The van der Waals surface area contributed by atoms with E-state index in [1.54, 1.807) is 19.3 Å². The first kappa shape index (κ1) is 36.7. The van der Waals surface area contributed by atoms with Crippen LogP contribution in [0.2, 0.25) is 0 Å². The fourth-order valence-corrected chi connectivity index (χ4v) is 4.70. The van der Waals surface area contributed by atoms with Crippen LogP contribution in [0.15, 0.2) is 65.8 Å².